The maximum atomic E-state index is 14.6. The van der Waals surface area contributed by atoms with Gasteiger partial charge >= 0.3 is 6.18 Å². The third kappa shape index (κ3) is 5.39. The number of benzene rings is 2. The summed E-state index contributed by atoms with van der Waals surface area (Å²) in [6.07, 6.45) is 0.776. The second kappa shape index (κ2) is 9.10. The quantitative estimate of drug-likeness (QED) is 0.472. The Balaban J connectivity index is 1.54. The number of nitrogens with zero attached hydrogens (tertiary/aromatic N) is 1. The minimum Gasteiger partial charge on any atom is -0.347 e. The molecule has 0 bridgehead atoms. The van der Waals surface area contributed by atoms with Gasteiger partial charge < -0.3 is 10.2 Å². The molecule has 1 aliphatic carbocycles. The molecular weight excluding hydrogens is 488 g/mol. The van der Waals surface area contributed by atoms with Crippen LogP contribution in [0.3, 0.4) is 0 Å². The van der Waals surface area contributed by atoms with Crippen molar-refractivity contribution in [2.45, 2.75) is 36.0 Å². The number of amides is 2. The highest BCUT2D eigenvalue weighted by atomic mass is 32.2. The summed E-state index contributed by atoms with van der Waals surface area (Å²) in [6, 6.07) is 5.80. The SMILES string of the molecule is CS(=O)(=O)c1cccc(C(=O)N2CC=C[C@@H]2C(=O)NC(c2ccc(C(F)(F)F)cc2F)C2CC2)c1. The molecular formula is C24H22F4N2O4S. The van der Waals surface area contributed by atoms with E-state index in [1.54, 1.807) is 6.08 Å². The van der Waals surface area contributed by atoms with E-state index in [1.165, 1.54) is 35.2 Å². The van der Waals surface area contributed by atoms with Crippen LogP contribution in [0.25, 0.3) is 0 Å². The lowest BCUT2D eigenvalue weighted by atomic mass is 9.99. The van der Waals surface area contributed by atoms with E-state index in [0.717, 1.165) is 18.4 Å². The van der Waals surface area contributed by atoms with Crippen LogP contribution in [0.2, 0.25) is 0 Å². The Morgan fingerprint density at radius 2 is 1.83 bits per heavy atom. The van der Waals surface area contributed by atoms with E-state index >= 15 is 0 Å². The molecule has 1 fully saturated rings. The molecule has 6 nitrogen and oxygen atoms in total. The fourth-order valence-electron chi connectivity index (χ4n) is 4.06. The molecule has 2 aliphatic rings. The van der Waals surface area contributed by atoms with Gasteiger partial charge in [0.1, 0.15) is 11.9 Å². The van der Waals surface area contributed by atoms with Gasteiger partial charge in [0.2, 0.25) is 5.91 Å². The second-order valence-corrected chi connectivity index (χ2v) is 10.7. The number of rotatable bonds is 6. The molecule has 2 aromatic rings. The van der Waals surface area contributed by atoms with Crippen molar-refractivity contribution in [3.63, 3.8) is 0 Å². The average molecular weight is 511 g/mol. The van der Waals surface area contributed by atoms with Gasteiger partial charge in [0.05, 0.1) is 16.5 Å². The molecule has 1 heterocycles. The molecule has 0 radical (unpaired) electrons. The zero-order valence-electron chi connectivity index (χ0n) is 18.5. The molecule has 11 heteroatoms. The molecule has 35 heavy (non-hydrogen) atoms. The van der Waals surface area contributed by atoms with Gasteiger partial charge in [0.15, 0.2) is 9.84 Å². The summed E-state index contributed by atoms with van der Waals surface area (Å²) in [7, 11) is -3.55. The lowest BCUT2D eigenvalue weighted by molar-refractivity contribution is -0.137. The number of hydrogen-bond acceptors (Lipinski definition) is 4. The van der Waals surface area contributed by atoms with Crippen LogP contribution in [0.4, 0.5) is 17.6 Å². The molecule has 2 amide bonds. The highest BCUT2D eigenvalue weighted by Gasteiger charge is 2.39. The molecule has 186 valence electrons. The topological polar surface area (TPSA) is 83.6 Å². The van der Waals surface area contributed by atoms with Gasteiger partial charge in [-0.3, -0.25) is 9.59 Å². The summed E-state index contributed by atoms with van der Waals surface area (Å²) >= 11 is 0. The van der Waals surface area contributed by atoms with Crippen molar-refractivity contribution >= 4 is 21.7 Å². The third-order valence-corrected chi connectivity index (χ3v) is 7.16. The van der Waals surface area contributed by atoms with Crippen LogP contribution in [-0.4, -0.2) is 44.0 Å². The molecule has 2 atom stereocenters. The summed E-state index contributed by atoms with van der Waals surface area (Å²) in [5.74, 6) is -2.37. The minimum atomic E-state index is -4.69. The van der Waals surface area contributed by atoms with Crippen molar-refractivity contribution < 1.29 is 35.6 Å². The molecule has 4 rings (SSSR count). The monoisotopic (exact) mass is 510 g/mol. The Kier molecular flexibility index (Phi) is 6.48. The van der Waals surface area contributed by atoms with E-state index in [9.17, 15) is 35.6 Å². The van der Waals surface area contributed by atoms with Crippen LogP contribution < -0.4 is 5.32 Å². The summed E-state index contributed by atoms with van der Waals surface area (Å²) in [5.41, 5.74) is -1.08. The van der Waals surface area contributed by atoms with Gasteiger partial charge in [-0.15, -0.1) is 0 Å². The van der Waals surface area contributed by atoms with Crippen molar-refractivity contribution in [1.29, 1.82) is 0 Å². The zero-order chi connectivity index (χ0) is 25.5. The van der Waals surface area contributed by atoms with Crippen LogP contribution in [0.15, 0.2) is 59.5 Å². The number of carbonyl (C=O) groups excluding carboxylic acids is 2. The predicted molar refractivity (Wildman–Crippen MR) is 119 cm³/mol. The maximum absolute atomic E-state index is 14.6. The lowest BCUT2D eigenvalue weighted by Crippen LogP contribution is -2.47. The molecule has 1 N–H and O–H groups in total. The molecule has 0 aromatic heterocycles. The van der Waals surface area contributed by atoms with Crippen LogP contribution in [0, 0.1) is 11.7 Å². The van der Waals surface area contributed by atoms with Crippen molar-refractivity contribution in [2.24, 2.45) is 5.92 Å². The van der Waals surface area contributed by atoms with Gasteiger partial charge in [-0.05, 0) is 49.1 Å². The van der Waals surface area contributed by atoms with Crippen molar-refractivity contribution in [1.82, 2.24) is 10.2 Å². The molecule has 0 spiro atoms. The highest BCUT2D eigenvalue weighted by Crippen LogP contribution is 2.42. The zero-order valence-corrected chi connectivity index (χ0v) is 19.4. The smallest absolute Gasteiger partial charge is 0.347 e. The second-order valence-electron chi connectivity index (χ2n) is 8.69. The van der Waals surface area contributed by atoms with Gasteiger partial charge in [0.25, 0.3) is 5.91 Å². The minimum absolute atomic E-state index is 0.0388. The van der Waals surface area contributed by atoms with E-state index in [2.05, 4.69) is 5.32 Å². The normalized spacial score (nSPS) is 19.0. The van der Waals surface area contributed by atoms with Crippen LogP contribution in [0.1, 0.15) is 40.4 Å². The summed E-state index contributed by atoms with van der Waals surface area (Å²) in [5, 5.41) is 2.71. The summed E-state index contributed by atoms with van der Waals surface area (Å²) < 4.78 is 77.1. The van der Waals surface area contributed by atoms with E-state index < -0.39 is 51.3 Å². The first-order valence-corrected chi connectivity index (χ1v) is 12.7. The Labute approximate surface area is 199 Å². The van der Waals surface area contributed by atoms with E-state index in [1.807, 2.05) is 0 Å². The first kappa shape index (κ1) is 24.9. The standard InChI is InChI=1S/C24H22F4N2O4S/c1-35(33,34)17-5-2-4-15(12-17)23(32)30-11-3-6-20(30)22(31)29-21(14-7-8-14)18-10-9-16(13-19(18)25)24(26,27)28/h2-6,9-10,12-14,20-21H,7-8,11H2,1H3,(H,29,31)/t20-,21?/m1/s1. The van der Waals surface area contributed by atoms with Crippen LogP contribution in [0.5, 0.6) is 0 Å². The number of sulfone groups is 1. The van der Waals surface area contributed by atoms with Gasteiger partial charge in [0, 0.05) is 23.9 Å². The Morgan fingerprint density at radius 1 is 1.11 bits per heavy atom. The molecule has 2 aromatic carbocycles. The molecule has 0 saturated heterocycles. The van der Waals surface area contributed by atoms with E-state index in [-0.39, 0.29) is 28.5 Å². The fraction of sp³-hybridized carbons (Fsp3) is 0.333. The Morgan fingerprint density at radius 3 is 2.43 bits per heavy atom. The van der Waals surface area contributed by atoms with Crippen molar-refractivity contribution in [3.05, 3.63) is 77.1 Å². The maximum Gasteiger partial charge on any atom is 0.416 e. The number of nitrogens with one attached hydrogen (secondary N) is 1. The first-order valence-electron chi connectivity index (χ1n) is 10.8. The van der Waals surface area contributed by atoms with E-state index in [4.69, 9.17) is 0 Å². The summed E-state index contributed by atoms with van der Waals surface area (Å²) in [4.78, 5) is 27.4. The highest BCUT2D eigenvalue weighted by molar-refractivity contribution is 7.90. The molecule has 1 unspecified atom stereocenters. The predicted octanol–water partition coefficient (Wildman–Crippen LogP) is 3.90. The van der Waals surface area contributed by atoms with Crippen LogP contribution in [-0.2, 0) is 20.8 Å². The Bertz CT molecular complexity index is 1300. The Hall–Kier alpha value is -3.21. The van der Waals surface area contributed by atoms with E-state index in [0.29, 0.717) is 18.9 Å². The van der Waals surface area contributed by atoms with Gasteiger partial charge in [-0.1, -0.05) is 24.3 Å². The number of halogens is 4. The third-order valence-electron chi connectivity index (χ3n) is 6.05. The molecule has 1 aliphatic heterocycles. The van der Waals surface area contributed by atoms with Crippen LogP contribution >= 0.6 is 0 Å². The first-order chi connectivity index (χ1) is 16.4. The van der Waals surface area contributed by atoms with Crippen molar-refractivity contribution in [3.8, 4) is 0 Å². The van der Waals surface area contributed by atoms with Gasteiger partial charge in [-0.25, -0.2) is 12.8 Å². The van der Waals surface area contributed by atoms with Crippen molar-refractivity contribution in [2.75, 3.05) is 12.8 Å². The largest absolute Gasteiger partial charge is 0.416 e. The van der Waals surface area contributed by atoms with Gasteiger partial charge in [-0.2, -0.15) is 13.2 Å². The fourth-order valence-corrected chi connectivity index (χ4v) is 4.72. The number of carbonyl (C=O) groups is 2. The lowest BCUT2D eigenvalue weighted by Gasteiger charge is -2.27. The number of alkyl halides is 3. The molecule has 1 saturated carbocycles. The average Bonchev–Trinajstić information content (AvgIpc) is 3.51. The number of hydrogen-bond donors (Lipinski definition) is 1. The summed E-state index contributed by atoms with van der Waals surface area (Å²) in [6.45, 7) is 0.1000.